The van der Waals surface area contributed by atoms with E-state index in [-0.39, 0.29) is 0 Å². The monoisotopic (exact) mass is 199 g/mol. The highest BCUT2D eigenvalue weighted by Gasteiger charge is 1.87. The van der Waals surface area contributed by atoms with Gasteiger partial charge in [0.15, 0.2) is 0 Å². The van der Waals surface area contributed by atoms with Gasteiger partial charge in [-0.2, -0.15) is 0 Å². The Bertz CT molecular complexity index is 306. The Labute approximate surface area is 91.9 Å². The van der Waals surface area contributed by atoms with Gasteiger partial charge in [0.2, 0.25) is 0 Å². The summed E-state index contributed by atoms with van der Waals surface area (Å²) in [7, 11) is 0. The summed E-state index contributed by atoms with van der Waals surface area (Å²) in [5, 5.41) is 3.09. The third-order valence-electron chi connectivity index (χ3n) is 1.91. The van der Waals surface area contributed by atoms with Gasteiger partial charge in [0, 0.05) is 11.4 Å². The first-order chi connectivity index (χ1) is 7.29. The molecule has 1 rings (SSSR count). The average molecular weight is 199 g/mol. The highest BCUT2D eigenvalue weighted by molar-refractivity contribution is 5.27. The fourth-order valence-electron chi connectivity index (χ4n) is 1.18. The van der Waals surface area contributed by atoms with Crippen molar-refractivity contribution in [2.75, 3.05) is 0 Å². The van der Waals surface area contributed by atoms with Crippen LogP contribution in [0.2, 0.25) is 0 Å². The molecule has 0 saturated heterocycles. The van der Waals surface area contributed by atoms with Crippen molar-refractivity contribution in [1.29, 1.82) is 0 Å². The highest BCUT2D eigenvalue weighted by atomic mass is 14.9. The Morgan fingerprint density at radius 3 is 1.73 bits per heavy atom. The van der Waals surface area contributed by atoms with Crippen LogP contribution in [0, 0.1) is 0 Å². The van der Waals surface area contributed by atoms with E-state index in [9.17, 15) is 0 Å². The Balaban J connectivity index is 2.68. The van der Waals surface area contributed by atoms with Crippen LogP contribution in [-0.4, -0.2) is 0 Å². The molecule has 0 fully saturated rings. The van der Waals surface area contributed by atoms with Crippen molar-refractivity contribution in [2.45, 2.75) is 12.8 Å². The van der Waals surface area contributed by atoms with Gasteiger partial charge in [0.1, 0.15) is 0 Å². The maximum absolute atomic E-state index is 3.87. The van der Waals surface area contributed by atoms with Gasteiger partial charge in [0.25, 0.3) is 0 Å². The van der Waals surface area contributed by atoms with Gasteiger partial charge in [-0.3, -0.25) is 0 Å². The third-order valence-corrected chi connectivity index (χ3v) is 1.91. The van der Waals surface area contributed by atoms with E-state index in [2.05, 4.69) is 30.6 Å². The first kappa shape index (κ1) is 11.3. The molecule has 1 heteroatoms. The molecule has 0 aromatic heterocycles. The number of hydrogen-bond acceptors (Lipinski definition) is 1. The molecule has 1 nitrogen and oxygen atoms in total. The predicted octanol–water partition coefficient (Wildman–Crippen LogP) is 3.62. The Kier molecular flexibility index (Phi) is 5.02. The summed E-state index contributed by atoms with van der Waals surface area (Å²) in [6.07, 6.45) is 18.3. The van der Waals surface area contributed by atoms with E-state index in [4.69, 9.17) is 0 Å². The number of nitrogens with one attached hydrogen (secondary N) is 1. The van der Waals surface area contributed by atoms with Gasteiger partial charge in [0.05, 0.1) is 0 Å². The molecule has 0 saturated carbocycles. The molecule has 0 aromatic rings. The molecule has 15 heavy (non-hydrogen) atoms. The van der Waals surface area contributed by atoms with E-state index >= 15 is 0 Å². The van der Waals surface area contributed by atoms with Crippen LogP contribution in [0.1, 0.15) is 12.8 Å². The summed E-state index contributed by atoms with van der Waals surface area (Å²) in [4.78, 5) is 0. The largest absolute Gasteiger partial charge is 0.356 e. The van der Waals surface area contributed by atoms with Crippen LogP contribution in [-0.2, 0) is 0 Å². The number of allylic oxidation sites excluding steroid dienone is 8. The molecule has 0 amide bonds. The maximum atomic E-state index is 3.87. The van der Waals surface area contributed by atoms with Gasteiger partial charge < -0.3 is 5.32 Å². The zero-order chi connectivity index (χ0) is 10.9. The van der Waals surface area contributed by atoms with Crippen LogP contribution in [0.25, 0.3) is 0 Å². The smallest absolute Gasteiger partial charge is 0.0310 e. The van der Waals surface area contributed by atoms with Gasteiger partial charge >= 0.3 is 0 Å². The van der Waals surface area contributed by atoms with Crippen molar-refractivity contribution in [1.82, 2.24) is 5.32 Å². The zero-order valence-corrected chi connectivity index (χ0v) is 8.95. The summed E-state index contributed by atoms with van der Waals surface area (Å²) in [6.45, 7) is 7.74. The average Bonchev–Trinajstić information content (AvgIpc) is 2.21. The maximum Gasteiger partial charge on any atom is 0.0310 e. The van der Waals surface area contributed by atoms with E-state index in [1.165, 1.54) is 0 Å². The quantitative estimate of drug-likeness (QED) is 0.628. The SMILES string of the molecule is C=C1/C=C\C=C/CC/C=C\C=C/C(=C)N1. The van der Waals surface area contributed by atoms with Crippen LogP contribution in [0.4, 0.5) is 0 Å². The second-order valence-electron chi connectivity index (χ2n) is 3.33. The van der Waals surface area contributed by atoms with E-state index in [1.54, 1.807) is 0 Å². The number of hydrogen-bond donors (Lipinski definition) is 1. The van der Waals surface area contributed by atoms with Gasteiger partial charge in [-0.15, -0.1) is 0 Å². The lowest BCUT2D eigenvalue weighted by molar-refractivity contribution is 1.05. The van der Waals surface area contributed by atoms with E-state index in [1.807, 2.05) is 36.5 Å². The molecule has 0 spiro atoms. The normalized spacial score (nSPS) is 26.4. The van der Waals surface area contributed by atoms with Gasteiger partial charge in [-0.25, -0.2) is 0 Å². The zero-order valence-electron chi connectivity index (χ0n) is 8.95. The topological polar surface area (TPSA) is 12.0 Å². The van der Waals surface area contributed by atoms with Crippen molar-refractivity contribution >= 4 is 0 Å². The lowest BCUT2D eigenvalue weighted by atomic mass is 10.2. The van der Waals surface area contributed by atoms with Crippen LogP contribution < -0.4 is 5.32 Å². The van der Waals surface area contributed by atoms with Crippen LogP contribution in [0.5, 0.6) is 0 Å². The van der Waals surface area contributed by atoms with Gasteiger partial charge in [-0.1, -0.05) is 49.6 Å². The molecule has 0 atom stereocenters. The van der Waals surface area contributed by atoms with Crippen LogP contribution in [0.3, 0.4) is 0 Å². The van der Waals surface area contributed by atoms with E-state index in [0.717, 1.165) is 24.2 Å². The molecule has 1 aliphatic heterocycles. The molecule has 0 radical (unpaired) electrons. The second-order valence-corrected chi connectivity index (χ2v) is 3.33. The Morgan fingerprint density at radius 1 is 0.800 bits per heavy atom. The van der Waals surface area contributed by atoms with Crippen molar-refractivity contribution in [3.63, 3.8) is 0 Å². The molecular weight excluding hydrogens is 182 g/mol. The lowest BCUT2D eigenvalue weighted by Gasteiger charge is -2.03. The van der Waals surface area contributed by atoms with Crippen LogP contribution in [0.15, 0.2) is 73.2 Å². The summed E-state index contributed by atoms with van der Waals surface area (Å²) < 4.78 is 0. The first-order valence-electron chi connectivity index (χ1n) is 5.10. The van der Waals surface area contributed by atoms with E-state index in [0.29, 0.717) is 0 Å². The minimum atomic E-state index is 0.845. The Hall–Kier alpha value is -1.76. The molecule has 78 valence electrons. The minimum absolute atomic E-state index is 0.845. The third kappa shape index (κ3) is 5.53. The fourth-order valence-corrected chi connectivity index (χ4v) is 1.18. The molecule has 1 heterocycles. The Morgan fingerprint density at radius 2 is 1.27 bits per heavy atom. The molecule has 0 aromatic carbocycles. The summed E-state index contributed by atoms with van der Waals surface area (Å²) in [6, 6.07) is 0. The van der Waals surface area contributed by atoms with Crippen molar-refractivity contribution in [3.05, 3.63) is 73.2 Å². The summed E-state index contributed by atoms with van der Waals surface area (Å²) in [5.74, 6) is 0. The number of rotatable bonds is 0. The first-order valence-corrected chi connectivity index (χ1v) is 5.10. The standard InChI is InChI=1S/C14H17N/c1-13-11-9-7-5-3-4-6-8-10-12-14(2)15-13/h5-12,15H,1-4H2/b7-5-,8-6-,11-9-,12-10-. The molecule has 1 N–H and O–H groups in total. The fraction of sp³-hybridized carbons (Fsp3) is 0.143. The molecule has 0 aliphatic carbocycles. The van der Waals surface area contributed by atoms with E-state index < -0.39 is 0 Å². The highest BCUT2D eigenvalue weighted by Crippen LogP contribution is 1.99. The van der Waals surface area contributed by atoms with Crippen molar-refractivity contribution in [2.24, 2.45) is 0 Å². The van der Waals surface area contributed by atoms with Crippen LogP contribution >= 0.6 is 0 Å². The van der Waals surface area contributed by atoms with Gasteiger partial charge in [-0.05, 0) is 25.0 Å². The molecule has 0 bridgehead atoms. The predicted molar refractivity (Wildman–Crippen MR) is 67.2 cm³/mol. The summed E-state index contributed by atoms with van der Waals surface area (Å²) in [5.41, 5.74) is 1.69. The van der Waals surface area contributed by atoms with Crippen molar-refractivity contribution < 1.29 is 0 Å². The minimum Gasteiger partial charge on any atom is -0.356 e. The molecule has 1 aliphatic rings. The van der Waals surface area contributed by atoms with Crippen molar-refractivity contribution in [3.8, 4) is 0 Å². The second kappa shape index (κ2) is 6.66. The summed E-state index contributed by atoms with van der Waals surface area (Å²) >= 11 is 0. The lowest BCUT2D eigenvalue weighted by Crippen LogP contribution is -2.06. The molecular formula is C14H17N. The molecule has 0 unspecified atom stereocenters.